The molecule has 2 aromatic rings. The van der Waals surface area contributed by atoms with E-state index in [4.69, 9.17) is 0 Å². The highest BCUT2D eigenvalue weighted by molar-refractivity contribution is 5.87. The Labute approximate surface area is 127 Å². The molecule has 1 aliphatic heterocycles. The standard InChI is InChI=1S/C16H14N4O2/c21-13-7-6-12(15(22)8-13)10-17-19-16-9-14(18-20-16)11-4-2-1-3-5-11/h1-8,10,14,21-22H,9H2/b17-10-,19-16+/t14-/m1/s1. The molecule has 0 bridgehead atoms. The first-order valence-electron chi connectivity index (χ1n) is 6.80. The van der Waals surface area contributed by atoms with E-state index in [1.807, 2.05) is 30.3 Å². The number of azo groups is 1. The second-order valence-corrected chi connectivity index (χ2v) is 4.85. The predicted octanol–water partition coefficient (Wildman–Crippen LogP) is 3.43. The van der Waals surface area contributed by atoms with Crippen molar-refractivity contribution in [3.63, 3.8) is 0 Å². The molecular weight excluding hydrogens is 280 g/mol. The number of phenols is 2. The third-order valence-corrected chi connectivity index (χ3v) is 3.26. The molecule has 0 spiro atoms. The van der Waals surface area contributed by atoms with E-state index < -0.39 is 0 Å². The Morgan fingerprint density at radius 3 is 2.68 bits per heavy atom. The summed E-state index contributed by atoms with van der Waals surface area (Å²) in [6, 6.07) is 14.1. The predicted molar refractivity (Wildman–Crippen MR) is 83.5 cm³/mol. The number of aromatic hydroxyl groups is 2. The van der Waals surface area contributed by atoms with E-state index in [9.17, 15) is 10.2 Å². The average molecular weight is 294 g/mol. The summed E-state index contributed by atoms with van der Waals surface area (Å²) in [5.41, 5.74) is 1.56. The van der Waals surface area contributed by atoms with E-state index >= 15 is 0 Å². The molecule has 1 heterocycles. The van der Waals surface area contributed by atoms with Gasteiger partial charge in [0.15, 0.2) is 5.84 Å². The maximum absolute atomic E-state index is 9.63. The topological polar surface area (TPSA) is 89.9 Å². The van der Waals surface area contributed by atoms with Crippen LogP contribution in [0.2, 0.25) is 0 Å². The van der Waals surface area contributed by atoms with E-state index in [1.165, 1.54) is 18.3 Å². The number of hydrogen-bond acceptors (Lipinski definition) is 5. The SMILES string of the molecule is Oc1ccc(/C=N\N=C2/C[C@H](c3ccccc3)N=N2)c(O)c1. The molecule has 0 aliphatic carbocycles. The molecule has 0 saturated heterocycles. The van der Waals surface area contributed by atoms with E-state index in [2.05, 4.69) is 20.4 Å². The highest BCUT2D eigenvalue weighted by atomic mass is 16.3. The van der Waals surface area contributed by atoms with Gasteiger partial charge in [-0.15, -0.1) is 10.2 Å². The van der Waals surface area contributed by atoms with Gasteiger partial charge in [-0.05, 0) is 17.7 Å². The molecule has 110 valence electrons. The number of phenolic OH excluding ortho intramolecular Hbond substituents is 2. The van der Waals surface area contributed by atoms with Crippen LogP contribution in [0.1, 0.15) is 23.6 Å². The maximum Gasteiger partial charge on any atom is 0.175 e. The van der Waals surface area contributed by atoms with Crippen molar-refractivity contribution >= 4 is 12.1 Å². The number of rotatable bonds is 3. The zero-order chi connectivity index (χ0) is 15.4. The van der Waals surface area contributed by atoms with Crippen molar-refractivity contribution in [1.82, 2.24) is 0 Å². The van der Waals surface area contributed by atoms with Gasteiger partial charge < -0.3 is 10.2 Å². The van der Waals surface area contributed by atoms with E-state index in [1.54, 1.807) is 6.07 Å². The molecule has 1 atom stereocenters. The van der Waals surface area contributed by atoms with Crippen molar-refractivity contribution in [3.05, 3.63) is 59.7 Å². The molecular formula is C16H14N4O2. The number of nitrogens with zero attached hydrogens (tertiary/aromatic N) is 4. The van der Waals surface area contributed by atoms with E-state index in [0.29, 0.717) is 17.8 Å². The Morgan fingerprint density at radius 1 is 1.09 bits per heavy atom. The monoisotopic (exact) mass is 294 g/mol. The van der Waals surface area contributed by atoms with E-state index in [-0.39, 0.29) is 17.5 Å². The van der Waals surface area contributed by atoms with Crippen LogP contribution in [0.15, 0.2) is 69.0 Å². The molecule has 22 heavy (non-hydrogen) atoms. The summed E-state index contributed by atoms with van der Waals surface area (Å²) in [6.07, 6.45) is 2.01. The fourth-order valence-corrected chi connectivity index (χ4v) is 2.11. The van der Waals surface area contributed by atoms with Crippen LogP contribution in [0.4, 0.5) is 0 Å². The van der Waals surface area contributed by atoms with Gasteiger partial charge >= 0.3 is 0 Å². The lowest BCUT2D eigenvalue weighted by Crippen LogP contribution is -1.95. The Kier molecular flexibility index (Phi) is 3.91. The van der Waals surface area contributed by atoms with Gasteiger partial charge in [-0.1, -0.05) is 30.3 Å². The molecule has 0 amide bonds. The maximum atomic E-state index is 9.63. The van der Waals surface area contributed by atoms with Gasteiger partial charge in [0.1, 0.15) is 17.5 Å². The van der Waals surface area contributed by atoms with E-state index in [0.717, 1.165) is 5.56 Å². The first-order chi connectivity index (χ1) is 10.7. The van der Waals surface area contributed by atoms with Gasteiger partial charge in [0.25, 0.3) is 0 Å². The molecule has 6 nitrogen and oxygen atoms in total. The van der Waals surface area contributed by atoms with Gasteiger partial charge in [-0.2, -0.15) is 10.2 Å². The summed E-state index contributed by atoms with van der Waals surface area (Å²) < 4.78 is 0. The lowest BCUT2D eigenvalue weighted by molar-refractivity contribution is 0.450. The van der Waals surface area contributed by atoms with Crippen LogP contribution >= 0.6 is 0 Å². The first-order valence-corrected chi connectivity index (χ1v) is 6.80. The quantitative estimate of drug-likeness (QED) is 0.670. The Balaban J connectivity index is 1.67. The molecule has 6 heteroatoms. The van der Waals surface area contributed by atoms with Gasteiger partial charge in [-0.25, -0.2) is 0 Å². The van der Waals surface area contributed by atoms with Gasteiger partial charge in [0.2, 0.25) is 0 Å². The minimum absolute atomic E-state index is 0.00346. The highest BCUT2D eigenvalue weighted by Gasteiger charge is 2.19. The molecule has 0 saturated carbocycles. The van der Waals surface area contributed by atoms with Crippen molar-refractivity contribution in [3.8, 4) is 11.5 Å². The summed E-state index contributed by atoms with van der Waals surface area (Å²) >= 11 is 0. The Bertz CT molecular complexity index is 754. The zero-order valence-corrected chi connectivity index (χ0v) is 11.7. The van der Waals surface area contributed by atoms with Crippen LogP contribution < -0.4 is 0 Å². The minimum atomic E-state index is -0.0563. The summed E-state index contributed by atoms with van der Waals surface area (Å²) in [5.74, 6) is 0.485. The van der Waals surface area contributed by atoms with Crippen LogP contribution in [-0.2, 0) is 0 Å². The lowest BCUT2D eigenvalue weighted by Gasteiger charge is -2.02. The molecule has 2 aromatic carbocycles. The third-order valence-electron chi connectivity index (χ3n) is 3.26. The fraction of sp³-hybridized carbons (Fsp3) is 0.125. The molecule has 0 fully saturated rings. The summed E-state index contributed by atoms with van der Waals surface area (Å²) in [7, 11) is 0. The normalized spacial score (nSPS) is 19.3. The van der Waals surface area contributed by atoms with Crippen molar-refractivity contribution in [2.75, 3.05) is 0 Å². The Hall–Kier alpha value is -3.02. The Morgan fingerprint density at radius 2 is 1.91 bits per heavy atom. The molecule has 0 radical (unpaired) electrons. The number of hydrogen-bond donors (Lipinski definition) is 2. The van der Waals surface area contributed by atoms with Crippen LogP contribution in [0.5, 0.6) is 11.5 Å². The third kappa shape index (κ3) is 3.17. The van der Waals surface area contributed by atoms with Gasteiger partial charge in [0.05, 0.1) is 6.21 Å². The lowest BCUT2D eigenvalue weighted by atomic mass is 10.1. The summed E-state index contributed by atoms with van der Waals surface area (Å²) in [4.78, 5) is 0. The molecule has 0 unspecified atom stereocenters. The van der Waals surface area contributed by atoms with Gasteiger partial charge in [-0.3, -0.25) is 0 Å². The first kappa shape index (κ1) is 13.9. The summed E-state index contributed by atoms with van der Waals surface area (Å²) in [6.45, 7) is 0. The van der Waals surface area contributed by atoms with Crippen molar-refractivity contribution in [2.24, 2.45) is 20.4 Å². The zero-order valence-electron chi connectivity index (χ0n) is 11.7. The smallest absolute Gasteiger partial charge is 0.175 e. The number of amidine groups is 1. The number of benzene rings is 2. The second-order valence-electron chi connectivity index (χ2n) is 4.85. The van der Waals surface area contributed by atoms with Crippen molar-refractivity contribution in [1.29, 1.82) is 0 Å². The molecule has 2 N–H and O–H groups in total. The second kappa shape index (κ2) is 6.17. The van der Waals surface area contributed by atoms with Crippen LogP contribution in [0.3, 0.4) is 0 Å². The molecule has 1 aliphatic rings. The fourth-order valence-electron chi connectivity index (χ4n) is 2.11. The molecule has 0 aromatic heterocycles. The summed E-state index contributed by atoms with van der Waals surface area (Å²) in [5, 5.41) is 35.0. The molecule has 3 rings (SSSR count). The van der Waals surface area contributed by atoms with Crippen LogP contribution in [0, 0.1) is 0 Å². The van der Waals surface area contributed by atoms with Crippen molar-refractivity contribution in [2.45, 2.75) is 12.5 Å². The largest absolute Gasteiger partial charge is 0.508 e. The van der Waals surface area contributed by atoms with Gasteiger partial charge in [0, 0.05) is 18.1 Å². The average Bonchev–Trinajstić information content (AvgIpc) is 2.99. The highest BCUT2D eigenvalue weighted by Crippen LogP contribution is 2.27. The van der Waals surface area contributed by atoms with Crippen LogP contribution in [0.25, 0.3) is 0 Å². The van der Waals surface area contributed by atoms with Crippen LogP contribution in [-0.4, -0.2) is 22.3 Å². The van der Waals surface area contributed by atoms with Crippen molar-refractivity contribution < 1.29 is 10.2 Å². The minimum Gasteiger partial charge on any atom is -0.508 e.